The minimum Gasteiger partial charge on any atom is -0.370 e. The van der Waals surface area contributed by atoms with Crippen LogP contribution >= 0.6 is 39.9 Å². The molecule has 0 fully saturated rings. The molecule has 2 aromatic rings. The van der Waals surface area contributed by atoms with E-state index in [1.165, 1.54) is 17.7 Å². The highest BCUT2D eigenvalue weighted by atomic mass is 127. The van der Waals surface area contributed by atoms with Crippen LogP contribution in [0.5, 0.6) is 0 Å². The van der Waals surface area contributed by atoms with Crippen LogP contribution < -0.4 is 11.1 Å². The summed E-state index contributed by atoms with van der Waals surface area (Å²) in [6.07, 6.45) is 0.962. The van der Waals surface area contributed by atoms with Crippen molar-refractivity contribution >= 4 is 51.6 Å². The molecule has 0 spiro atoms. The molecule has 0 aliphatic heterocycles. The number of halogens is 3. The number of aliphatic imine (C=N–C) groups is 1. The average Bonchev–Trinajstić information content (AvgIpc) is 2.44. The number of rotatable bonds is 4. The van der Waals surface area contributed by atoms with E-state index >= 15 is 0 Å². The summed E-state index contributed by atoms with van der Waals surface area (Å²) in [5, 5.41) is 3.04. The van der Waals surface area contributed by atoms with Crippen molar-refractivity contribution in [3.63, 3.8) is 0 Å². The van der Waals surface area contributed by atoms with Gasteiger partial charge in [0.05, 0.1) is 6.54 Å². The summed E-state index contributed by atoms with van der Waals surface area (Å²) in [7, 11) is 0. The fourth-order valence-corrected chi connectivity index (χ4v) is 2.45. The fourth-order valence-electron chi connectivity index (χ4n) is 1.94. The first-order valence-corrected chi connectivity index (χ1v) is 7.47. The summed E-state index contributed by atoms with van der Waals surface area (Å²) in [5.74, 6) is 0.0142. The highest BCUT2D eigenvalue weighted by Gasteiger charge is 2.00. The minimum absolute atomic E-state index is 0. The number of hydrogen-bond donors (Lipinski definition) is 2. The zero-order valence-corrected chi connectivity index (χ0v) is 16.1. The lowest BCUT2D eigenvalue weighted by atomic mass is 10.1. The number of benzene rings is 2. The highest BCUT2D eigenvalue weighted by molar-refractivity contribution is 14.0. The molecule has 0 atom stereocenters. The Morgan fingerprint density at radius 1 is 1.23 bits per heavy atom. The lowest BCUT2D eigenvalue weighted by Gasteiger charge is -2.07. The lowest BCUT2D eigenvalue weighted by molar-refractivity contribution is 0.624. The molecule has 22 heavy (non-hydrogen) atoms. The first-order valence-electron chi connectivity index (χ1n) is 6.67. The zero-order valence-electron chi connectivity index (χ0n) is 12.1. The van der Waals surface area contributed by atoms with E-state index in [4.69, 9.17) is 5.73 Å². The monoisotopic (exact) mass is 477 g/mol. The van der Waals surface area contributed by atoms with Crippen molar-refractivity contribution in [2.45, 2.75) is 19.9 Å². The number of guanidine groups is 1. The van der Waals surface area contributed by atoms with Gasteiger partial charge in [-0.15, -0.1) is 24.0 Å². The van der Waals surface area contributed by atoms with Crippen LogP contribution in [0.3, 0.4) is 0 Å². The summed E-state index contributed by atoms with van der Waals surface area (Å²) in [6, 6.07) is 12.7. The number of hydrogen-bond acceptors (Lipinski definition) is 1. The first-order chi connectivity index (χ1) is 10.1. The Kier molecular flexibility index (Phi) is 7.81. The summed E-state index contributed by atoms with van der Waals surface area (Å²) in [5.41, 5.74) is 8.74. The van der Waals surface area contributed by atoms with E-state index < -0.39 is 0 Å². The van der Waals surface area contributed by atoms with Gasteiger partial charge >= 0.3 is 0 Å². The maximum absolute atomic E-state index is 13.3. The molecule has 0 bridgehead atoms. The van der Waals surface area contributed by atoms with Crippen LogP contribution in [0, 0.1) is 5.82 Å². The van der Waals surface area contributed by atoms with E-state index in [1.54, 1.807) is 0 Å². The Morgan fingerprint density at radius 2 is 2.00 bits per heavy atom. The van der Waals surface area contributed by atoms with Crippen LogP contribution in [0.1, 0.15) is 18.1 Å². The Bertz CT molecular complexity index is 641. The van der Waals surface area contributed by atoms with E-state index in [9.17, 15) is 4.39 Å². The van der Waals surface area contributed by atoms with Crippen LogP contribution in [-0.2, 0) is 13.0 Å². The molecule has 3 nitrogen and oxygen atoms in total. The Morgan fingerprint density at radius 3 is 2.68 bits per heavy atom. The van der Waals surface area contributed by atoms with Crippen molar-refractivity contribution in [2.24, 2.45) is 10.7 Å². The number of aryl methyl sites for hydroxylation is 1. The smallest absolute Gasteiger partial charge is 0.193 e. The fraction of sp³-hybridized carbons (Fsp3) is 0.188. The van der Waals surface area contributed by atoms with Gasteiger partial charge in [0.1, 0.15) is 5.82 Å². The third-order valence-electron chi connectivity index (χ3n) is 2.96. The quantitative estimate of drug-likeness (QED) is 0.381. The van der Waals surface area contributed by atoms with Gasteiger partial charge in [-0.3, -0.25) is 0 Å². The Labute approximate surface area is 155 Å². The van der Waals surface area contributed by atoms with Crippen molar-refractivity contribution in [3.05, 3.63) is 63.9 Å². The minimum atomic E-state index is -0.295. The number of nitrogens with zero attached hydrogens (tertiary/aromatic N) is 1. The van der Waals surface area contributed by atoms with Crippen molar-refractivity contribution in [1.82, 2.24) is 0 Å². The molecule has 0 unspecified atom stereocenters. The summed E-state index contributed by atoms with van der Waals surface area (Å²) in [6.45, 7) is 2.42. The predicted molar refractivity (Wildman–Crippen MR) is 104 cm³/mol. The predicted octanol–water partition coefficient (Wildman–Crippen LogP) is 4.70. The molecule has 0 aromatic heterocycles. The number of nitrogens with two attached hydrogens (primary N) is 1. The number of nitrogens with one attached hydrogen (secondary N) is 1. The highest BCUT2D eigenvalue weighted by Crippen LogP contribution is 2.16. The molecular formula is C16H18BrFIN3. The maximum Gasteiger partial charge on any atom is 0.193 e. The second-order valence-electron chi connectivity index (χ2n) is 4.66. The molecule has 0 amide bonds. The Balaban J connectivity index is 0.00000242. The van der Waals surface area contributed by atoms with Gasteiger partial charge in [-0.05, 0) is 47.9 Å². The topological polar surface area (TPSA) is 50.4 Å². The zero-order chi connectivity index (χ0) is 15.2. The summed E-state index contributed by atoms with van der Waals surface area (Å²) in [4.78, 5) is 4.22. The average molecular weight is 478 g/mol. The van der Waals surface area contributed by atoms with Crippen LogP contribution in [0.2, 0.25) is 0 Å². The standard InChI is InChI=1S/C16H17BrFN3.HI/c1-2-11-4-3-5-15(8-11)21-16(19)20-10-12-6-13(17)9-14(18)7-12;/h3-9H,2,10H2,1H3,(H3,19,20,21);1H. The maximum atomic E-state index is 13.3. The second kappa shape index (κ2) is 9.09. The van der Waals surface area contributed by atoms with Gasteiger partial charge in [0.25, 0.3) is 0 Å². The molecule has 0 heterocycles. The van der Waals surface area contributed by atoms with Crippen LogP contribution in [0.25, 0.3) is 0 Å². The van der Waals surface area contributed by atoms with Crippen LogP contribution in [-0.4, -0.2) is 5.96 Å². The van der Waals surface area contributed by atoms with E-state index in [-0.39, 0.29) is 29.8 Å². The van der Waals surface area contributed by atoms with Gasteiger partial charge in [0.2, 0.25) is 0 Å². The molecule has 0 saturated carbocycles. The molecule has 0 aliphatic carbocycles. The van der Waals surface area contributed by atoms with Gasteiger partial charge < -0.3 is 11.1 Å². The third kappa shape index (κ3) is 5.92. The van der Waals surface area contributed by atoms with Gasteiger partial charge in [-0.1, -0.05) is 35.0 Å². The van der Waals surface area contributed by atoms with Gasteiger partial charge in [-0.25, -0.2) is 9.38 Å². The summed E-state index contributed by atoms with van der Waals surface area (Å²) < 4.78 is 13.9. The van der Waals surface area contributed by atoms with Crippen LogP contribution in [0.4, 0.5) is 10.1 Å². The van der Waals surface area contributed by atoms with Gasteiger partial charge in [-0.2, -0.15) is 0 Å². The van der Waals surface area contributed by atoms with Crippen LogP contribution in [0.15, 0.2) is 51.9 Å². The molecule has 6 heteroatoms. The van der Waals surface area contributed by atoms with Gasteiger partial charge in [0.15, 0.2) is 5.96 Å². The van der Waals surface area contributed by atoms with Crippen molar-refractivity contribution in [3.8, 4) is 0 Å². The molecule has 2 aromatic carbocycles. The first kappa shape index (κ1) is 18.9. The molecule has 118 valence electrons. The van der Waals surface area contributed by atoms with Crippen molar-refractivity contribution in [2.75, 3.05) is 5.32 Å². The largest absolute Gasteiger partial charge is 0.370 e. The number of anilines is 1. The Hall–Kier alpha value is -1.15. The van der Waals surface area contributed by atoms with E-state index in [0.29, 0.717) is 17.0 Å². The van der Waals surface area contributed by atoms with Crippen molar-refractivity contribution < 1.29 is 4.39 Å². The van der Waals surface area contributed by atoms with E-state index in [0.717, 1.165) is 17.7 Å². The molecular weight excluding hydrogens is 460 g/mol. The summed E-state index contributed by atoms with van der Waals surface area (Å²) >= 11 is 3.25. The molecule has 3 N–H and O–H groups in total. The third-order valence-corrected chi connectivity index (χ3v) is 3.42. The molecule has 0 aliphatic rings. The van der Waals surface area contributed by atoms with Gasteiger partial charge in [0, 0.05) is 10.2 Å². The molecule has 2 rings (SSSR count). The van der Waals surface area contributed by atoms with Crippen molar-refractivity contribution in [1.29, 1.82) is 0 Å². The second-order valence-corrected chi connectivity index (χ2v) is 5.57. The SMILES string of the molecule is CCc1cccc(NC(N)=NCc2cc(F)cc(Br)c2)c1.I. The lowest BCUT2D eigenvalue weighted by Crippen LogP contribution is -2.22. The normalized spacial score (nSPS) is 11.0. The van der Waals surface area contributed by atoms with E-state index in [2.05, 4.69) is 39.2 Å². The molecule has 0 radical (unpaired) electrons. The van der Waals surface area contributed by atoms with E-state index in [1.807, 2.05) is 24.3 Å². The molecule has 0 saturated heterocycles.